The highest BCUT2D eigenvalue weighted by atomic mass is 16.1. The second-order valence-corrected chi connectivity index (χ2v) is 6.93. The van der Waals surface area contributed by atoms with E-state index in [2.05, 4.69) is 52.0 Å². The molecule has 0 heterocycles. The molecule has 21 heavy (non-hydrogen) atoms. The molecule has 0 fully saturated rings. The van der Waals surface area contributed by atoms with Crippen LogP contribution in [0.4, 0.5) is 0 Å². The molecule has 0 bridgehead atoms. The van der Waals surface area contributed by atoms with Crippen LogP contribution in [0.5, 0.6) is 0 Å². The highest BCUT2D eigenvalue weighted by Crippen LogP contribution is 2.23. The van der Waals surface area contributed by atoms with Gasteiger partial charge in [-0.15, -0.1) is 0 Å². The summed E-state index contributed by atoms with van der Waals surface area (Å²) in [4.78, 5) is 12.2. The summed E-state index contributed by atoms with van der Waals surface area (Å²) in [7, 11) is 0. The molecule has 1 rings (SSSR count). The summed E-state index contributed by atoms with van der Waals surface area (Å²) in [6.07, 6.45) is 14.0. The molecule has 1 aliphatic carbocycles. The quantitative estimate of drug-likeness (QED) is 0.551. The molecule has 2 atom stereocenters. The predicted molar refractivity (Wildman–Crippen MR) is 92.2 cm³/mol. The Bertz CT molecular complexity index is 423. The Labute approximate surface area is 131 Å². The first-order valence-corrected chi connectivity index (χ1v) is 8.42. The number of allylic oxidation sites excluding steroid dienone is 6. The number of hydrogen-bond donors (Lipinski definition) is 0. The van der Waals surface area contributed by atoms with Crippen LogP contribution in [0.25, 0.3) is 0 Å². The Morgan fingerprint density at radius 2 is 1.71 bits per heavy atom. The highest BCUT2D eigenvalue weighted by Gasteiger charge is 2.13. The van der Waals surface area contributed by atoms with Crippen LogP contribution in [0.1, 0.15) is 66.7 Å². The van der Waals surface area contributed by atoms with Gasteiger partial charge in [0.1, 0.15) is 5.78 Å². The number of carbonyl (C=O) groups excluding carboxylic acids is 1. The third-order valence-corrected chi connectivity index (χ3v) is 4.57. The zero-order valence-corrected chi connectivity index (χ0v) is 14.5. The van der Waals surface area contributed by atoms with Gasteiger partial charge in [-0.2, -0.15) is 0 Å². The number of carbonyl (C=O) groups is 1. The SMILES string of the molecule is C/C1=C\CC(=O)C(C)/C=C/C(C(C)C)CC/C(C)=C/CC1. The first-order valence-electron chi connectivity index (χ1n) is 8.42. The van der Waals surface area contributed by atoms with E-state index in [1.807, 2.05) is 6.92 Å². The lowest BCUT2D eigenvalue weighted by atomic mass is 9.87. The molecule has 0 amide bonds. The van der Waals surface area contributed by atoms with E-state index < -0.39 is 0 Å². The number of Topliss-reactive ketones (excluding diaryl/α,β-unsaturated/α-hetero) is 1. The molecule has 118 valence electrons. The lowest BCUT2D eigenvalue weighted by molar-refractivity contribution is -0.120. The van der Waals surface area contributed by atoms with Crippen molar-refractivity contribution in [3.63, 3.8) is 0 Å². The van der Waals surface area contributed by atoms with Gasteiger partial charge in [0.25, 0.3) is 0 Å². The summed E-state index contributed by atoms with van der Waals surface area (Å²) < 4.78 is 0. The predicted octanol–water partition coefficient (Wildman–Crippen LogP) is 5.88. The Balaban J connectivity index is 2.88. The van der Waals surface area contributed by atoms with Crippen molar-refractivity contribution in [2.45, 2.75) is 66.7 Å². The van der Waals surface area contributed by atoms with Crippen LogP contribution in [0.2, 0.25) is 0 Å². The van der Waals surface area contributed by atoms with Crippen molar-refractivity contribution in [2.24, 2.45) is 17.8 Å². The average Bonchev–Trinajstić information content (AvgIpc) is 2.43. The maximum absolute atomic E-state index is 12.2. The highest BCUT2D eigenvalue weighted by molar-refractivity contribution is 5.83. The van der Waals surface area contributed by atoms with Gasteiger partial charge >= 0.3 is 0 Å². The smallest absolute Gasteiger partial charge is 0.143 e. The molecule has 0 aromatic rings. The maximum atomic E-state index is 12.2. The van der Waals surface area contributed by atoms with E-state index in [1.165, 1.54) is 17.6 Å². The van der Waals surface area contributed by atoms with E-state index in [4.69, 9.17) is 0 Å². The molecule has 0 aliphatic heterocycles. The number of rotatable bonds is 1. The second kappa shape index (κ2) is 9.02. The van der Waals surface area contributed by atoms with Crippen molar-refractivity contribution in [3.8, 4) is 0 Å². The monoisotopic (exact) mass is 288 g/mol. The molecule has 1 aliphatic rings. The van der Waals surface area contributed by atoms with Crippen molar-refractivity contribution in [1.82, 2.24) is 0 Å². The molecule has 0 spiro atoms. The first-order chi connectivity index (χ1) is 9.90. The Hall–Kier alpha value is -1.11. The van der Waals surface area contributed by atoms with Crippen LogP contribution >= 0.6 is 0 Å². The van der Waals surface area contributed by atoms with Crippen LogP contribution in [0, 0.1) is 17.8 Å². The molecule has 0 saturated carbocycles. The Morgan fingerprint density at radius 1 is 1.05 bits per heavy atom. The zero-order chi connectivity index (χ0) is 15.8. The van der Waals surface area contributed by atoms with Crippen molar-refractivity contribution in [3.05, 3.63) is 35.5 Å². The van der Waals surface area contributed by atoms with Gasteiger partial charge in [0.2, 0.25) is 0 Å². The molecule has 1 heteroatoms. The maximum Gasteiger partial charge on any atom is 0.143 e. The van der Waals surface area contributed by atoms with Crippen LogP contribution in [-0.4, -0.2) is 5.78 Å². The Morgan fingerprint density at radius 3 is 2.38 bits per heavy atom. The zero-order valence-electron chi connectivity index (χ0n) is 14.5. The molecule has 0 N–H and O–H groups in total. The van der Waals surface area contributed by atoms with Crippen LogP contribution in [-0.2, 0) is 4.79 Å². The summed E-state index contributed by atoms with van der Waals surface area (Å²) in [5.74, 6) is 1.57. The molecule has 2 unspecified atom stereocenters. The largest absolute Gasteiger partial charge is 0.299 e. The van der Waals surface area contributed by atoms with Gasteiger partial charge < -0.3 is 0 Å². The fraction of sp³-hybridized carbons (Fsp3) is 0.650. The third kappa shape index (κ3) is 6.93. The molecule has 0 saturated heterocycles. The summed E-state index contributed by atoms with van der Waals surface area (Å²) in [6.45, 7) is 11.0. The minimum Gasteiger partial charge on any atom is -0.299 e. The molecular weight excluding hydrogens is 256 g/mol. The molecule has 0 aromatic carbocycles. The van der Waals surface area contributed by atoms with Gasteiger partial charge in [-0.1, -0.05) is 56.2 Å². The second-order valence-electron chi connectivity index (χ2n) is 6.93. The summed E-state index contributed by atoms with van der Waals surface area (Å²) in [6, 6.07) is 0. The fourth-order valence-corrected chi connectivity index (χ4v) is 2.67. The van der Waals surface area contributed by atoms with Gasteiger partial charge in [-0.3, -0.25) is 4.79 Å². The minimum atomic E-state index is 0.0369. The Kier molecular flexibility index (Phi) is 7.71. The van der Waals surface area contributed by atoms with E-state index >= 15 is 0 Å². The standard InChI is InChI=1S/C20H32O/c1-15(2)19-12-9-16(3)7-6-8-17(4)10-14-20(21)18(5)11-13-19/h7,10-11,13,15,18-19H,6,8-9,12,14H2,1-5H3/b13-11+,16-7+,17-10+. The van der Waals surface area contributed by atoms with E-state index in [-0.39, 0.29) is 5.92 Å². The van der Waals surface area contributed by atoms with Crippen molar-refractivity contribution >= 4 is 5.78 Å². The van der Waals surface area contributed by atoms with E-state index in [9.17, 15) is 4.79 Å². The van der Waals surface area contributed by atoms with Crippen LogP contribution < -0.4 is 0 Å². The van der Waals surface area contributed by atoms with E-state index in [0.29, 0.717) is 24.0 Å². The first kappa shape index (κ1) is 17.9. The molecule has 0 aromatic heterocycles. The molecule has 0 radical (unpaired) electrons. The normalized spacial score (nSPS) is 32.8. The minimum absolute atomic E-state index is 0.0369. The van der Waals surface area contributed by atoms with Crippen molar-refractivity contribution in [1.29, 1.82) is 0 Å². The molecule has 1 nitrogen and oxygen atoms in total. The summed E-state index contributed by atoms with van der Waals surface area (Å²) in [5.41, 5.74) is 2.84. The lowest BCUT2D eigenvalue weighted by Gasteiger charge is -2.18. The number of hydrogen-bond acceptors (Lipinski definition) is 1. The van der Waals surface area contributed by atoms with E-state index in [1.54, 1.807) is 0 Å². The number of ketones is 1. The van der Waals surface area contributed by atoms with Gasteiger partial charge in [-0.05, 0) is 51.4 Å². The van der Waals surface area contributed by atoms with Crippen LogP contribution in [0.3, 0.4) is 0 Å². The lowest BCUT2D eigenvalue weighted by Crippen LogP contribution is -2.10. The van der Waals surface area contributed by atoms with Crippen molar-refractivity contribution in [2.75, 3.05) is 0 Å². The van der Waals surface area contributed by atoms with Crippen LogP contribution in [0.15, 0.2) is 35.5 Å². The molecular formula is C20H32O. The average molecular weight is 288 g/mol. The third-order valence-electron chi connectivity index (χ3n) is 4.57. The summed E-state index contributed by atoms with van der Waals surface area (Å²) in [5, 5.41) is 0. The van der Waals surface area contributed by atoms with Gasteiger partial charge in [0.15, 0.2) is 0 Å². The fourth-order valence-electron chi connectivity index (χ4n) is 2.67. The van der Waals surface area contributed by atoms with E-state index in [0.717, 1.165) is 19.3 Å². The van der Waals surface area contributed by atoms with Crippen molar-refractivity contribution < 1.29 is 4.79 Å². The van der Waals surface area contributed by atoms with Gasteiger partial charge in [0.05, 0.1) is 0 Å². The summed E-state index contributed by atoms with van der Waals surface area (Å²) >= 11 is 0. The van der Waals surface area contributed by atoms with Gasteiger partial charge in [-0.25, -0.2) is 0 Å². The topological polar surface area (TPSA) is 17.1 Å². The van der Waals surface area contributed by atoms with Gasteiger partial charge in [0, 0.05) is 12.3 Å².